The lowest BCUT2D eigenvalue weighted by molar-refractivity contribution is 0.590. The molecule has 0 spiro atoms. The van der Waals surface area contributed by atoms with Crippen molar-refractivity contribution in [2.45, 2.75) is 110 Å². The third kappa shape index (κ3) is 7.60. The zero-order chi connectivity index (χ0) is 48.0. The minimum atomic E-state index is -0.546. The number of anilines is 6. The SMILES string of the molecule is CC(C)(C)c1cccc(N2c3cc(C(C)(C)C)ccc3B3c4ccc(C(C)(C)C)cc4N(c4ccc(C(c5ccccc5)(c5ccccc5)c5ccccc5)cc4)c4cc(C(C)(C)C)cc2c43)c1. The van der Waals surface area contributed by atoms with Gasteiger partial charge in [0.15, 0.2) is 0 Å². The Kier molecular flexibility index (Phi) is 10.8. The number of hydrogen-bond acceptors (Lipinski definition) is 2. The van der Waals surface area contributed by atoms with Crippen LogP contribution in [0.3, 0.4) is 0 Å². The van der Waals surface area contributed by atoms with Crippen LogP contribution >= 0.6 is 0 Å². The molecule has 340 valence electrons. The zero-order valence-corrected chi connectivity index (χ0v) is 42.4. The lowest BCUT2D eigenvalue weighted by Crippen LogP contribution is -2.61. The highest BCUT2D eigenvalue weighted by atomic mass is 15.2. The minimum absolute atomic E-state index is 0.0110. The molecule has 2 aliphatic rings. The Labute approximate surface area is 407 Å². The maximum absolute atomic E-state index is 2.61. The molecule has 0 atom stereocenters. The molecule has 10 rings (SSSR count). The topological polar surface area (TPSA) is 6.48 Å². The molecule has 0 amide bonds. The minimum Gasteiger partial charge on any atom is -0.311 e. The van der Waals surface area contributed by atoms with E-state index < -0.39 is 5.41 Å². The van der Waals surface area contributed by atoms with E-state index in [1.807, 2.05) is 0 Å². The van der Waals surface area contributed by atoms with Crippen molar-refractivity contribution < 1.29 is 0 Å². The molecular weight excluding hydrogens is 820 g/mol. The third-order valence-corrected chi connectivity index (χ3v) is 14.8. The van der Waals surface area contributed by atoms with Crippen LogP contribution in [0.15, 0.2) is 188 Å². The highest BCUT2D eigenvalue weighted by Gasteiger charge is 2.45. The van der Waals surface area contributed by atoms with Crippen molar-refractivity contribution in [2.75, 3.05) is 9.80 Å². The van der Waals surface area contributed by atoms with Crippen molar-refractivity contribution >= 4 is 57.2 Å². The zero-order valence-electron chi connectivity index (χ0n) is 42.4. The van der Waals surface area contributed by atoms with Crippen molar-refractivity contribution in [1.82, 2.24) is 0 Å². The summed E-state index contributed by atoms with van der Waals surface area (Å²) in [5.74, 6) is 0. The number of nitrogens with zero attached hydrogens (tertiary/aromatic N) is 2. The molecule has 0 saturated heterocycles. The Bertz CT molecular complexity index is 3040. The van der Waals surface area contributed by atoms with E-state index in [0.717, 1.165) is 5.69 Å². The van der Waals surface area contributed by atoms with Gasteiger partial charge in [-0.2, -0.15) is 0 Å². The van der Waals surface area contributed by atoms with Crippen molar-refractivity contribution in [3.63, 3.8) is 0 Å². The van der Waals surface area contributed by atoms with Gasteiger partial charge in [0.05, 0.1) is 5.41 Å². The second-order valence-corrected chi connectivity index (χ2v) is 23.5. The molecule has 0 bridgehead atoms. The summed E-state index contributed by atoms with van der Waals surface area (Å²) in [6, 6.07) is 71.8. The lowest BCUT2D eigenvalue weighted by atomic mass is 9.33. The molecule has 0 radical (unpaired) electrons. The normalized spacial score (nSPS) is 13.8. The molecule has 8 aromatic rings. The van der Waals surface area contributed by atoms with E-state index in [2.05, 4.69) is 281 Å². The van der Waals surface area contributed by atoms with Gasteiger partial charge in [-0.15, -0.1) is 0 Å². The molecule has 3 heteroatoms. The largest absolute Gasteiger partial charge is 0.311 e. The average Bonchev–Trinajstić information content (AvgIpc) is 3.31. The van der Waals surface area contributed by atoms with Gasteiger partial charge in [-0.3, -0.25) is 0 Å². The summed E-state index contributed by atoms with van der Waals surface area (Å²) in [5, 5.41) is 0. The molecule has 2 heterocycles. The Morgan fingerprint density at radius 3 is 1.03 bits per heavy atom. The summed E-state index contributed by atoms with van der Waals surface area (Å²) >= 11 is 0. The first-order chi connectivity index (χ1) is 32.3. The fourth-order valence-corrected chi connectivity index (χ4v) is 10.9. The summed E-state index contributed by atoms with van der Waals surface area (Å²) in [6.07, 6.45) is 0. The van der Waals surface area contributed by atoms with Crippen LogP contribution in [0, 0.1) is 0 Å². The van der Waals surface area contributed by atoms with Gasteiger partial charge >= 0.3 is 0 Å². The number of benzene rings is 8. The van der Waals surface area contributed by atoms with Crippen molar-refractivity contribution in [3.8, 4) is 0 Å². The predicted octanol–water partition coefficient (Wildman–Crippen LogP) is 15.3. The highest BCUT2D eigenvalue weighted by molar-refractivity contribution is 7.00. The Morgan fingerprint density at radius 2 is 0.618 bits per heavy atom. The van der Waals surface area contributed by atoms with Crippen LogP contribution in [-0.2, 0) is 27.1 Å². The van der Waals surface area contributed by atoms with Gasteiger partial charge in [-0.05, 0) is 131 Å². The first-order valence-electron chi connectivity index (χ1n) is 24.7. The van der Waals surface area contributed by atoms with Gasteiger partial charge in [0, 0.05) is 34.1 Å². The van der Waals surface area contributed by atoms with E-state index in [9.17, 15) is 0 Å². The molecule has 8 aromatic carbocycles. The van der Waals surface area contributed by atoms with E-state index in [-0.39, 0.29) is 28.4 Å². The standard InChI is InChI=1S/C65H67BN2/c1-61(2,3)48-29-22-30-53(39-48)68-57-41-50(63(7,8)9)34-38-55(57)66-54-37-33-49(62(4,5)6)40-56(54)67(58-42-51(64(10,11)12)43-59(68)60(58)66)52-35-31-47(32-36-52)65(44-23-16-13-17-24-44,45-25-18-14-19-26-45)46-27-20-15-21-28-46/h13-43H,1-12H3. The van der Waals surface area contributed by atoms with Crippen LogP contribution in [-0.4, -0.2) is 6.71 Å². The van der Waals surface area contributed by atoms with Crippen LogP contribution in [0.4, 0.5) is 34.1 Å². The number of hydrogen-bond donors (Lipinski definition) is 0. The van der Waals surface area contributed by atoms with Gasteiger partial charge < -0.3 is 9.80 Å². The summed E-state index contributed by atoms with van der Waals surface area (Å²) in [5.41, 5.74) is 20.8. The number of fused-ring (bicyclic) bond motifs is 4. The van der Waals surface area contributed by atoms with Gasteiger partial charge in [0.2, 0.25) is 0 Å². The summed E-state index contributed by atoms with van der Waals surface area (Å²) in [4.78, 5) is 5.21. The number of rotatable bonds is 6. The van der Waals surface area contributed by atoms with E-state index in [0.29, 0.717) is 0 Å². The highest BCUT2D eigenvalue weighted by Crippen LogP contribution is 2.50. The van der Waals surface area contributed by atoms with Crippen LogP contribution in [0.2, 0.25) is 0 Å². The molecule has 0 aromatic heterocycles. The lowest BCUT2D eigenvalue weighted by Gasteiger charge is -2.46. The first-order valence-corrected chi connectivity index (χ1v) is 24.7. The molecule has 2 aliphatic heterocycles. The van der Waals surface area contributed by atoms with E-state index in [1.165, 1.54) is 89.3 Å². The smallest absolute Gasteiger partial charge is 0.252 e. The quantitative estimate of drug-likeness (QED) is 0.121. The Balaban J connectivity index is 1.28. The molecule has 0 saturated carbocycles. The van der Waals surface area contributed by atoms with Gasteiger partial charge in [0.25, 0.3) is 6.71 Å². The Hall–Kier alpha value is -6.58. The van der Waals surface area contributed by atoms with E-state index in [1.54, 1.807) is 0 Å². The third-order valence-electron chi connectivity index (χ3n) is 14.8. The van der Waals surface area contributed by atoms with Crippen molar-refractivity contribution in [1.29, 1.82) is 0 Å². The van der Waals surface area contributed by atoms with Crippen molar-refractivity contribution in [2.24, 2.45) is 0 Å². The molecule has 0 unspecified atom stereocenters. The van der Waals surface area contributed by atoms with E-state index >= 15 is 0 Å². The molecule has 0 fully saturated rings. The van der Waals surface area contributed by atoms with Gasteiger partial charge in [-0.25, -0.2) is 0 Å². The Morgan fingerprint density at radius 1 is 0.279 bits per heavy atom. The molecule has 2 nitrogen and oxygen atoms in total. The second kappa shape index (κ2) is 16.3. The monoisotopic (exact) mass is 887 g/mol. The van der Waals surface area contributed by atoms with Crippen molar-refractivity contribution in [3.05, 3.63) is 233 Å². The average molecular weight is 887 g/mol. The molecule has 0 N–H and O–H groups in total. The van der Waals surface area contributed by atoms with Crippen LogP contribution in [0.1, 0.15) is 128 Å². The van der Waals surface area contributed by atoms with Gasteiger partial charge in [-0.1, -0.05) is 223 Å². The molecule has 68 heavy (non-hydrogen) atoms. The maximum atomic E-state index is 2.61. The van der Waals surface area contributed by atoms with Gasteiger partial charge in [0.1, 0.15) is 0 Å². The van der Waals surface area contributed by atoms with Crippen LogP contribution in [0.25, 0.3) is 0 Å². The predicted molar refractivity (Wildman–Crippen MR) is 294 cm³/mol. The molecular formula is C65H67BN2. The van der Waals surface area contributed by atoms with Crippen LogP contribution in [0.5, 0.6) is 0 Å². The first kappa shape index (κ1) is 45.2. The summed E-state index contributed by atoms with van der Waals surface area (Å²) < 4.78 is 0. The van der Waals surface area contributed by atoms with E-state index in [4.69, 9.17) is 0 Å². The fourth-order valence-electron chi connectivity index (χ4n) is 10.9. The molecule has 0 aliphatic carbocycles. The summed E-state index contributed by atoms with van der Waals surface area (Å²) in [7, 11) is 0. The second-order valence-electron chi connectivity index (χ2n) is 23.5. The fraction of sp³-hybridized carbons (Fsp3) is 0.262. The summed E-state index contributed by atoms with van der Waals surface area (Å²) in [6.45, 7) is 28.1. The maximum Gasteiger partial charge on any atom is 0.252 e. The van der Waals surface area contributed by atoms with Crippen LogP contribution < -0.4 is 26.2 Å².